The molecule has 42 heavy (non-hydrogen) atoms. The fourth-order valence-corrected chi connectivity index (χ4v) is 6.32. The van der Waals surface area contributed by atoms with Crippen molar-refractivity contribution in [2.75, 3.05) is 6.61 Å². The molecule has 0 saturated carbocycles. The molecule has 0 amide bonds. The summed E-state index contributed by atoms with van der Waals surface area (Å²) >= 11 is 7.42. The molecule has 1 aliphatic heterocycles. The summed E-state index contributed by atoms with van der Waals surface area (Å²) in [5, 5.41) is 2.91. The van der Waals surface area contributed by atoms with Gasteiger partial charge in [0.15, 0.2) is 4.80 Å². The van der Waals surface area contributed by atoms with Gasteiger partial charge in [-0.05, 0) is 71.7 Å². The summed E-state index contributed by atoms with van der Waals surface area (Å²) in [6.45, 7) is 4.19. The van der Waals surface area contributed by atoms with E-state index in [0.29, 0.717) is 32.2 Å². The van der Waals surface area contributed by atoms with E-state index in [-0.39, 0.29) is 12.2 Å². The Morgan fingerprint density at radius 3 is 2.50 bits per heavy atom. The van der Waals surface area contributed by atoms with Crippen molar-refractivity contribution in [1.82, 2.24) is 4.57 Å². The Kier molecular flexibility index (Phi) is 7.78. The second-order valence-electron chi connectivity index (χ2n) is 9.85. The molecular weight excluding hydrogens is 568 g/mol. The molecule has 1 aliphatic rings. The molecule has 8 heteroatoms. The van der Waals surface area contributed by atoms with E-state index in [1.54, 1.807) is 30.5 Å². The second-order valence-corrected chi connectivity index (χ2v) is 11.3. The van der Waals surface area contributed by atoms with Crippen LogP contribution in [0, 0.1) is 0 Å². The lowest BCUT2D eigenvalue weighted by Gasteiger charge is -2.24. The van der Waals surface area contributed by atoms with E-state index in [2.05, 4.69) is 29.3 Å². The lowest BCUT2D eigenvalue weighted by Crippen LogP contribution is -2.39. The van der Waals surface area contributed by atoms with E-state index >= 15 is 0 Å². The van der Waals surface area contributed by atoms with Crippen LogP contribution in [-0.4, -0.2) is 17.1 Å². The van der Waals surface area contributed by atoms with Gasteiger partial charge in [-0.1, -0.05) is 89.7 Å². The molecule has 2 heterocycles. The number of hydrogen-bond acceptors (Lipinski definition) is 6. The summed E-state index contributed by atoms with van der Waals surface area (Å²) in [7, 11) is 0. The summed E-state index contributed by atoms with van der Waals surface area (Å²) in [4.78, 5) is 32.0. The van der Waals surface area contributed by atoms with Gasteiger partial charge in [0.2, 0.25) is 0 Å². The molecule has 0 fully saturated rings. The van der Waals surface area contributed by atoms with Crippen LogP contribution in [0.4, 0.5) is 0 Å². The van der Waals surface area contributed by atoms with E-state index in [0.717, 1.165) is 22.4 Å². The molecule has 0 unspecified atom stereocenters. The summed E-state index contributed by atoms with van der Waals surface area (Å²) in [5.74, 6) is 0.242. The number of rotatable bonds is 7. The van der Waals surface area contributed by atoms with Gasteiger partial charge >= 0.3 is 5.97 Å². The summed E-state index contributed by atoms with van der Waals surface area (Å²) in [5.41, 5.74) is 3.34. The fraction of sp³-hybridized carbons (Fsp3) is 0.147. The highest BCUT2D eigenvalue weighted by Crippen LogP contribution is 2.31. The molecule has 1 aromatic heterocycles. The second kappa shape index (κ2) is 11.8. The zero-order valence-corrected chi connectivity index (χ0v) is 24.6. The molecule has 6 nitrogen and oxygen atoms in total. The van der Waals surface area contributed by atoms with Gasteiger partial charge in [-0.15, -0.1) is 0 Å². The molecule has 0 radical (unpaired) electrons. The lowest BCUT2D eigenvalue weighted by atomic mass is 9.96. The molecule has 1 atom stereocenters. The van der Waals surface area contributed by atoms with Crippen molar-refractivity contribution < 1.29 is 14.3 Å². The minimum absolute atomic E-state index is 0.217. The number of carbonyl (C=O) groups is 1. The Bertz CT molecular complexity index is 2000. The Morgan fingerprint density at radius 2 is 1.74 bits per heavy atom. The number of carbonyl (C=O) groups excluding carboxylic acids is 1. The highest BCUT2D eigenvalue weighted by atomic mass is 35.5. The molecule has 0 bridgehead atoms. The first-order chi connectivity index (χ1) is 20.4. The molecule has 0 spiro atoms. The number of benzene rings is 4. The number of allylic oxidation sites excluding steroid dienone is 1. The third-order valence-electron chi connectivity index (χ3n) is 7.15. The van der Waals surface area contributed by atoms with Crippen molar-refractivity contribution in [1.29, 1.82) is 0 Å². The number of thiazole rings is 1. The Morgan fingerprint density at radius 1 is 1.00 bits per heavy atom. The monoisotopic (exact) mass is 594 g/mol. The van der Waals surface area contributed by atoms with Gasteiger partial charge in [0.1, 0.15) is 12.4 Å². The molecule has 0 N–H and O–H groups in total. The average Bonchev–Trinajstić information content (AvgIpc) is 3.30. The van der Waals surface area contributed by atoms with Crippen LogP contribution in [0.5, 0.6) is 5.75 Å². The van der Waals surface area contributed by atoms with E-state index in [1.807, 2.05) is 60.7 Å². The van der Waals surface area contributed by atoms with Crippen molar-refractivity contribution in [3.05, 3.63) is 144 Å². The normalized spacial score (nSPS) is 14.9. The number of ether oxygens (including phenoxy) is 2. The number of fused-ring (bicyclic) bond motifs is 2. The van der Waals surface area contributed by atoms with Crippen molar-refractivity contribution in [2.45, 2.75) is 26.5 Å². The standard InChI is InChI=1S/C34H27ClN2O4S/c1-3-40-33(39)30-21(2)36-34-37(31(30)24-13-15-26(35)16-14-24)32(38)29(42-34)19-22-11-17-27(18-12-22)41-20-25-9-6-8-23-7-4-5-10-28(23)25/h4-19,31H,3,20H2,1-2H3/b29-19+/t31-/m1/s1. The van der Waals surface area contributed by atoms with Crippen LogP contribution in [0.3, 0.4) is 0 Å². The number of hydrogen-bond donors (Lipinski definition) is 0. The predicted octanol–water partition coefficient (Wildman–Crippen LogP) is 6.18. The van der Waals surface area contributed by atoms with Crippen LogP contribution in [0.1, 0.15) is 36.6 Å². The van der Waals surface area contributed by atoms with Crippen LogP contribution in [0.2, 0.25) is 5.02 Å². The van der Waals surface area contributed by atoms with Crippen LogP contribution in [0.15, 0.2) is 112 Å². The van der Waals surface area contributed by atoms with Gasteiger partial charge in [-0.2, -0.15) is 0 Å². The molecule has 6 rings (SSSR count). The van der Waals surface area contributed by atoms with E-state index < -0.39 is 12.0 Å². The van der Waals surface area contributed by atoms with Crippen LogP contribution in [0.25, 0.3) is 16.8 Å². The molecule has 0 aliphatic carbocycles. The van der Waals surface area contributed by atoms with E-state index in [4.69, 9.17) is 21.1 Å². The number of aromatic nitrogens is 1. The van der Waals surface area contributed by atoms with E-state index in [1.165, 1.54) is 22.1 Å². The van der Waals surface area contributed by atoms with Crippen molar-refractivity contribution in [2.24, 2.45) is 4.99 Å². The van der Waals surface area contributed by atoms with Crippen molar-refractivity contribution in [3.8, 4) is 5.75 Å². The smallest absolute Gasteiger partial charge is 0.338 e. The summed E-state index contributed by atoms with van der Waals surface area (Å²) in [6.07, 6.45) is 1.83. The van der Waals surface area contributed by atoms with Crippen LogP contribution >= 0.6 is 22.9 Å². The highest BCUT2D eigenvalue weighted by molar-refractivity contribution is 7.07. The quantitative estimate of drug-likeness (QED) is 0.211. The van der Waals surface area contributed by atoms with Gasteiger partial charge in [0.05, 0.1) is 28.5 Å². The first-order valence-corrected chi connectivity index (χ1v) is 14.8. The Hall–Kier alpha value is -4.46. The average molecular weight is 595 g/mol. The summed E-state index contributed by atoms with van der Waals surface area (Å²) in [6, 6.07) is 28.5. The Labute approximate surface area is 251 Å². The van der Waals surface area contributed by atoms with Gasteiger partial charge in [-0.3, -0.25) is 9.36 Å². The van der Waals surface area contributed by atoms with Crippen LogP contribution in [-0.2, 0) is 16.1 Å². The van der Waals surface area contributed by atoms with Gasteiger partial charge in [-0.25, -0.2) is 9.79 Å². The molecule has 210 valence electrons. The predicted molar refractivity (Wildman–Crippen MR) is 167 cm³/mol. The SMILES string of the molecule is CCOC(=O)C1=C(C)N=c2s/c(=C/c3ccc(OCc4cccc5ccccc45)cc3)c(=O)n2[C@@H]1c1ccc(Cl)cc1. The number of esters is 1. The topological polar surface area (TPSA) is 69.9 Å². The lowest BCUT2D eigenvalue weighted by molar-refractivity contribution is -0.139. The molecule has 5 aromatic rings. The van der Waals surface area contributed by atoms with E-state index in [9.17, 15) is 9.59 Å². The third-order valence-corrected chi connectivity index (χ3v) is 8.39. The Balaban J connectivity index is 1.31. The van der Waals surface area contributed by atoms with Gasteiger partial charge < -0.3 is 9.47 Å². The zero-order valence-electron chi connectivity index (χ0n) is 23.0. The van der Waals surface area contributed by atoms with Crippen molar-refractivity contribution in [3.63, 3.8) is 0 Å². The fourth-order valence-electron chi connectivity index (χ4n) is 5.14. The van der Waals surface area contributed by atoms with Crippen LogP contribution < -0.4 is 19.6 Å². The first kappa shape index (κ1) is 27.7. The molecular formula is C34H27ClN2O4S. The molecule has 0 saturated heterocycles. The first-order valence-electron chi connectivity index (χ1n) is 13.6. The zero-order chi connectivity index (χ0) is 29.2. The van der Waals surface area contributed by atoms with Crippen molar-refractivity contribution >= 4 is 45.8 Å². The minimum Gasteiger partial charge on any atom is -0.489 e. The summed E-state index contributed by atoms with van der Waals surface area (Å²) < 4.78 is 13.5. The highest BCUT2D eigenvalue weighted by Gasteiger charge is 2.33. The third kappa shape index (κ3) is 5.41. The van der Waals surface area contributed by atoms with Gasteiger partial charge in [0.25, 0.3) is 5.56 Å². The maximum absolute atomic E-state index is 13.8. The number of halogens is 1. The largest absolute Gasteiger partial charge is 0.489 e. The molecule has 4 aromatic carbocycles. The maximum atomic E-state index is 13.8. The number of nitrogens with zero attached hydrogens (tertiary/aromatic N) is 2. The maximum Gasteiger partial charge on any atom is 0.338 e. The van der Waals surface area contributed by atoms with Gasteiger partial charge in [0, 0.05) is 5.02 Å². The minimum atomic E-state index is -0.676.